The maximum Gasteiger partial charge on any atom is 0.264 e. The van der Waals surface area contributed by atoms with E-state index in [4.69, 9.17) is 9.47 Å². The van der Waals surface area contributed by atoms with Crippen molar-refractivity contribution in [1.29, 1.82) is 0 Å². The molecule has 0 aliphatic heterocycles. The Balaban J connectivity index is 2.01. The number of carbonyl (C=O) groups excluding carboxylic acids is 2. The number of carbonyl (C=O) groups is 2. The van der Waals surface area contributed by atoms with Gasteiger partial charge in [0.1, 0.15) is 24.1 Å². The number of nitrogens with one attached hydrogen (secondary N) is 1. The largest absolute Gasteiger partial charge is 0.497 e. The molecule has 0 radical (unpaired) electrons. The van der Waals surface area contributed by atoms with Crippen LogP contribution >= 0.6 is 0 Å². The van der Waals surface area contributed by atoms with Crippen molar-refractivity contribution in [2.75, 3.05) is 31.6 Å². The molecule has 0 aliphatic carbocycles. The molecule has 0 bridgehead atoms. The van der Waals surface area contributed by atoms with Crippen molar-refractivity contribution in [1.82, 2.24) is 10.2 Å². The molecule has 0 heterocycles. The quantitative estimate of drug-likeness (QED) is 0.292. The van der Waals surface area contributed by atoms with Crippen LogP contribution in [0.2, 0.25) is 0 Å². The summed E-state index contributed by atoms with van der Waals surface area (Å²) in [6, 6.07) is 20.7. The molecule has 40 heavy (non-hydrogen) atoms. The van der Waals surface area contributed by atoms with Crippen LogP contribution in [-0.2, 0) is 26.2 Å². The number of ether oxygens (including phenoxy) is 2. The molecule has 0 saturated carbocycles. The number of hydrogen-bond donors (Lipinski definition) is 1. The van der Waals surface area contributed by atoms with Crippen molar-refractivity contribution < 1.29 is 27.5 Å². The number of unbranched alkanes of at least 4 members (excludes halogenated alkanes) is 1. The van der Waals surface area contributed by atoms with Crippen molar-refractivity contribution in [2.45, 2.75) is 44.2 Å². The van der Waals surface area contributed by atoms with Gasteiger partial charge in [-0.25, -0.2) is 8.42 Å². The number of methoxy groups -OCH3 is 2. The lowest BCUT2D eigenvalue weighted by atomic mass is 10.1. The lowest BCUT2D eigenvalue weighted by Gasteiger charge is -2.32. The average molecular weight is 568 g/mol. The van der Waals surface area contributed by atoms with Crippen LogP contribution in [0.3, 0.4) is 0 Å². The van der Waals surface area contributed by atoms with Gasteiger partial charge in [-0.1, -0.05) is 49.7 Å². The standard InChI is InChI=1S/C30H37N3O6S/c1-5-6-18-31-30(35)23(2)32(21-24-12-10-14-26(19-24)38-3)29(34)22-33(25-13-11-15-27(20-25)39-4)40(36,37)28-16-8-7-9-17-28/h7-17,19-20,23H,5-6,18,21-22H2,1-4H3,(H,31,35)/t23-/m0/s1. The summed E-state index contributed by atoms with van der Waals surface area (Å²) in [6.07, 6.45) is 1.72. The Morgan fingerprint density at radius 2 is 1.55 bits per heavy atom. The fourth-order valence-electron chi connectivity index (χ4n) is 4.10. The molecular weight excluding hydrogens is 530 g/mol. The molecule has 3 aromatic rings. The molecule has 2 amide bonds. The molecule has 10 heteroatoms. The molecule has 3 aromatic carbocycles. The zero-order chi connectivity index (χ0) is 29.1. The van der Waals surface area contributed by atoms with Gasteiger partial charge in [-0.2, -0.15) is 0 Å². The van der Waals surface area contributed by atoms with Gasteiger partial charge in [0.2, 0.25) is 11.8 Å². The SMILES string of the molecule is CCCCNC(=O)[C@H](C)N(Cc1cccc(OC)c1)C(=O)CN(c1cccc(OC)c1)S(=O)(=O)c1ccccc1. The van der Waals surface area contributed by atoms with Gasteiger partial charge in [0.25, 0.3) is 10.0 Å². The van der Waals surface area contributed by atoms with Gasteiger partial charge in [-0.3, -0.25) is 13.9 Å². The minimum Gasteiger partial charge on any atom is -0.497 e. The van der Waals surface area contributed by atoms with Crippen LogP contribution < -0.4 is 19.1 Å². The van der Waals surface area contributed by atoms with E-state index in [1.165, 1.54) is 24.1 Å². The third-order valence-electron chi connectivity index (χ3n) is 6.44. The number of hydrogen-bond acceptors (Lipinski definition) is 6. The Bertz CT molecular complexity index is 1380. The van der Waals surface area contributed by atoms with E-state index in [2.05, 4.69) is 5.32 Å². The maximum absolute atomic E-state index is 14.0. The van der Waals surface area contributed by atoms with Gasteiger partial charge in [0.05, 0.1) is 24.8 Å². The number of benzene rings is 3. The highest BCUT2D eigenvalue weighted by atomic mass is 32.2. The molecule has 214 valence electrons. The minimum absolute atomic E-state index is 0.0373. The summed E-state index contributed by atoms with van der Waals surface area (Å²) in [5, 5.41) is 2.88. The van der Waals surface area contributed by atoms with Gasteiger partial charge in [-0.15, -0.1) is 0 Å². The molecule has 0 saturated heterocycles. The third kappa shape index (κ3) is 7.75. The first-order valence-electron chi connectivity index (χ1n) is 13.1. The number of anilines is 1. The normalized spacial score (nSPS) is 11.8. The highest BCUT2D eigenvalue weighted by molar-refractivity contribution is 7.92. The molecule has 0 aliphatic rings. The van der Waals surface area contributed by atoms with Crippen LogP contribution in [-0.4, -0.2) is 58.5 Å². The fourth-order valence-corrected chi connectivity index (χ4v) is 5.53. The van der Waals surface area contributed by atoms with Gasteiger partial charge in [0, 0.05) is 19.2 Å². The van der Waals surface area contributed by atoms with Gasteiger partial charge >= 0.3 is 0 Å². The van der Waals surface area contributed by atoms with E-state index in [-0.39, 0.29) is 23.0 Å². The Kier molecular flexibility index (Phi) is 11.0. The highest BCUT2D eigenvalue weighted by Crippen LogP contribution is 2.27. The summed E-state index contributed by atoms with van der Waals surface area (Å²) in [5.41, 5.74) is 0.998. The topological polar surface area (TPSA) is 105 Å². The van der Waals surface area contributed by atoms with Crippen LogP contribution in [0.15, 0.2) is 83.8 Å². The van der Waals surface area contributed by atoms with Gasteiger partial charge < -0.3 is 19.7 Å². The fraction of sp³-hybridized carbons (Fsp3) is 0.333. The lowest BCUT2D eigenvalue weighted by Crippen LogP contribution is -2.51. The molecule has 3 rings (SSSR count). The Hall–Kier alpha value is -4.05. The van der Waals surface area contributed by atoms with Crippen LogP contribution in [0, 0.1) is 0 Å². The van der Waals surface area contributed by atoms with E-state index in [0.717, 1.165) is 22.7 Å². The monoisotopic (exact) mass is 567 g/mol. The average Bonchev–Trinajstić information content (AvgIpc) is 2.98. The Labute approximate surface area is 236 Å². The second-order valence-corrected chi connectivity index (χ2v) is 11.1. The Morgan fingerprint density at radius 1 is 0.900 bits per heavy atom. The van der Waals surface area contributed by atoms with Crippen molar-refractivity contribution in [3.05, 3.63) is 84.4 Å². The minimum atomic E-state index is -4.15. The third-order valence-corrected chi connectivity index (χ3v) is 8.22. The summed E-state index contributed by atoms with van der Waals surface area (Å²) < 4.78 is 39.3. The van der Waals surface area contributed by atoms with E-state index in [0.29, 0.717) is 18.0 Å². The number of nitrogens with zero attached hydrogens (tertiary/aromatic N) is 2. The zero-order valence-corrected chi connectivity index (χ0v) is 24.2. The van der Waals surface area contributed by atoms with Crippen molar-refractivity contribution in [3.63, 3.8) is 0 Å². The Morgan fingerprint density at radius 3 is 2.20 bits per heavy atom. The molecule has 9 nitrogen and oxygen atoms in total. The summed E-state index contributed by atoms with van der Waals surface area (Å²) in [6.45, 7) is 3.70. The molecule has 0 aromatic heterocycles. The van der Waals surface area contributed by atoms with E-state index in [1.807, 2.05) is 13.0 Å². The van der Waals surface area contributed by atoms with E-state index in [9.17, 15) is 18.0 Å². The van der Waals surface area contributed by atoms with Crippen molar-refractivity contribution in [2.24, 2.45) is 0 Å². The van der Waals surface area contributed by atoms with Crippen LogP contribution in [0.1, 0.15) is 32.3 Å². The van der Waals surface area contributed by atoms with Crippen molar-refractivity contribution in [3.8, 4) is 11.5 Å². The second-order valence-electron chi connectivity index (χ2n) is 9.22. The number of amides is 2. The molecule has 0 fully saturated rings. The number of rotatable bonds is 14. The van der Waals surface area contributed by atoms with Gasteiger partial charge in [0.15, 0.2) is 0 Å². The van der Waals surface area contributed by atoms with Crippen LogP contribution in [0.25, 0.3) is 0 Å². The van der Waals surface area contributed by atoms with E-state index in [1.54, 1.807) is 74.7 Å². The first-order valence-corrected chi connectivity index (χ1v) is 14.6. The summed E-state index contributed by atoms with van der Waals surface area (Å²) in [5.74, 6) is 0.191. The number of sulfonamides is 1. The highest BCUT2D eigenvalue weighted by Gasteiger charge is 2.32. The van der Waals surface area contributed by atoms with E-state index < -0.39 is 28.5 Å². The predicted molar refractivity (Wildman–Crippen MR) is 155 cm³/mol. The van der Waals surface area contributed by atoms with Crippen LogP contribution in [0.5, 0.6) is 11.5 Å². The van der Waals surface area contributed by atoms with Crippen molar-refractivity contribution >= 4 is 27.5 Å². The maximum atomic E-state index is 14.0. The zero-order valence-electron chi connectivity index (χ0n) is 23.4. The first kappa shape index (κ1) is 30.5. The van der Waals surface area contributed by atoms with Crippen LogP contribution in [0.4, 0.5) is 5.69 Å². The molecule has 0 spiro atoms. The summed E-state index contributed by atoms with van der Waals surface area (Å²) >= 11 is 0. The predicted octanol–water partition coefficient (Wildman–Crippen LogP) is 4.23. The van der Waals surface area contributed by atoms with E-state index >= 15 is 0 Å². The molecule has 1 atom stereocenters. The second kappa shape index (κ2) is 14.4. The molecule has 0 unspecified atom stereocenters. The molecule has 1 N–H and O–H groups in total. The smallest absolute Gasteiger partial charge is 0.264 e. The summed E-state index contributed by atoms with van der Waals surface area (Å²) in [4.78, 5) is 28.5. The lowest BCUT2D eigenvalue weighted by molar-refractivity contribution is -0.139. The molecular formula is C30H37N3O6S. The van der Waals surface area contributed by atoms with Gasteiger partial charge in [-0.05, 0) is 55.3 Å². The summed E-state index contributed by atoms with van der Waals surface area (Å²) in [7, 11) is -1.12. The first-order chi connectivity index (χ1) is 19.2.